The Bertz CT molecular complexity index is 1670. The van der Waals surface area contributed by atoms with E-state index in [0.29, 0.717) is 48.8 Å². The van der Waals surface area contributed by atoms with Crippen LogP contribution >= 0.6 is 23.5 Å². The average Bonchev–Trinajstić information content (AvgIpc) is 3.87. The molecule has 0 aromatic heterocycles. The lowest BCUT2D eigenvalue weighted by Crippen LogP contribution is -2.63. The second kappa shape index (κ2) is 23.0. The Morgan fingerprint density at radius 1 is 0.632 bits per heavy atom. The third-order valence-electron chi connectivity index (χ3n) is 20.5. The smallest absolute Gasteiger partial charge is 0.316 e. The molecule has 10 nitrogen and oxygen atoms in total. The Morgan fingerprint density at radius 3 is 1.28 bits per heavy atom. The van der Waals surface area contributed by atoms with Crippen LogP contribution in [-0.4, -0.2) is 130 Å². The largest absolute Gasteiger partial charge is 0.461 e. The Labute approximate surface area is 421 Å². The van der Waals surface area contributed by atoms with Gasteiger partial charge in [0.05, 0.1) is 23.7 Å². The van der Waals surface area contributed by atoms with E-state index in [9.17, 15) is 29.4 Å². The van der Waals surface area contributed by atoms with Gasteiger partial charge in [0, 0.05) is 70.9 Å². The molecule has 0 saturated heterocycles. The minimum absolute atomic E-state index is 0.00828. The maximum absolute atomic E-state index is 13.4. The first kappa shape index (κ1) is 57.2. The molecule has 0 radical (unpaired) electrons. The minimum atomic E-state index is -0.624. The van der Waals surface area contributed by atoms with Gasteiger partial charge in [-0.25, -0.2) is 0 Å². The Hall–Kier alpha value is -1.70. The molecule has 0 aromatic rings. The fourth-order valence-electron chi connectivity index (χ4n) is 15.2. The van der Waals surface area contributed by atoms with Gasteiger partial charge >= 0.3 is 11.9 Å². The molecule has 6 aliphatic rings. The fraction of sp³-hybridized carbons (Fsp3) is 0.857. The van der Waals surface area contributed by atoms with Crippen molar-refractivity contribution < 1.29 is 38.9 Å². The number of carbonyl (C=O) groups is 4. The summed E-state index contributed by atoms with van der Waals surface area (Å²) in [6.45, 7) is 39.9. The zero-order valence-corrected chi connectivity index (χ0v) is 46.2. The van der Waals surface area contributed by atoms with E-state index in [2.05, 4.69) is 92.2 Å². The molecule has 6 aliphatic carbocycles. The Kier molecular flexibility index (Phi) is 19.4. The van der Waals surface area contributed by atoms with Gasteiger partial charge in [-0.05, 0) is 112 Å². The third-order valence-corrected chi connectivity index (χ3v) is 22.3. The summed E-state index contributed by atoms with van der Waals surface area (Å²) in [6, 6.07) is 0. The number of rotatable bonds is 18. The fourth-order valence-corrected chi connectivity index (χ4v) is 16.7. The van der Waals surface area contributed by atoms with E-state index in [1.165, 1.54) is 0 Å². The predicted molar refractivity (Wildman–Crippen MR) is 280 cm³/mol. The van der Waals surface area contributed by atoms with Gasteiger partial charge in [0.1, 0.15) is 23.8 Å². The van der Waals surface area contributed by atoms with Gasteiger partial charge in [0.25, 0.3) is 0 Å². The zero-order chi connectivity index (χ0) is 50.6. The molecule has 16 atom stereocenters. The number of aliphatic hydroxyl groups is 2. The lowest BCUT2D eigenvalue weighted by atomic mass is 9.44. The molecule has 68 heavy (non-hydrogen) atoms. The first-order chi connectivity index (χ1) is 32.0. The summed E-state index contributed by atoms with van der Waals surface area (Å²) in [5.41, 5.74) is -2.50. The van der Waals surface area contributed by atoms with Crippen LogP contribution in [0.15, 0.2) is 25.3 Å². The molecule has 9 unspecified atom stereocenters. The summed E-state index contributed by atoms with van der Waals surface area (Å²) in [5, 5.41) is 23.2. The van der Waals surface area contributed by atoms with E-state index in [1.54, 1.807) is 23.5 Å². The van der Waals surface area contributed by atoms with Crippen LogP contribution in [0.25, 0.3) is 0 Å². The monoisotopic (exact) mass is 987 g/mol. The standard InChI is InChI=1S/2C28H47NO4S/c2*1-8-26(6)17-22(33-23(31)18-34-16-15-29(9-2)10-3)27(7)19(4)11-13-28(20(5)25(26)32)14-12-21(30)24(27)28/h2*8,19-20,22,24-25,32H,1,9-18H2,2-7H3/t19?,20-,22+,24-,25-,26+,27+,28-;/m0./s1. The lowest BCUT2D eigenvalue weighted by Gasteiger charge is -2.61. The molecule has 2 N–H and O–H groups in total. The number of ether oxygens (including phenoxy) is 2. The molecule has 6 fully saturated rings. The van der Waals surface area contributed by atoms with Gasteiger partial charge in [0.15, 0.2) is 0 Å². The van der Waals surface area contributed by atoms with Crippen molar-refractivity contribution >= 4 is 47.0 Å². The third kappa shape index (κ3) is 10.5. The number of hydrogen-bond acceptors (Lipinski definition) is 12. The number of aliphatic hydroxyl groups excluding tert-OH is 2. The highest BCUT2D eigenvalue weighted by atomic mass is 32.2. The molecule has 0 spiro atoms. The molecule has 4 bridgehead atoms. The highest BCUT2D eigenvalue weighted by molar-refractivity contribution is 8.00. The van der Waals surface area contributed by atoms with Crippen LogP contribution in [0, 0.1) is 68.0 Å². The molecule has 0 aliphatic heterocycles. The van der Waals surface area contributed by atoms with Crippen molar-refractivity contribution in [3.63, 3.8) is 0 Å². The van der Waals surface area contributed by atoms with E-state index < -0.39 is 46.1 Å². The molecule has 0 amide bonds. The average molecular weight is 988 g/mol. The summed E-state index contributed by atoms with van der Waals surface area (Å²) in [6.07, 6.45) is 9.29. The maximum Gasteiger partial charge on any atom is 0.316 e. The summed E-state index contributed by atoms with van der Waals surface area (Å²) < 4.78 is 12.6. The number of Topliss-reactive ketones (excluding diaryl/α,β-unsaturated/α-hetero) is 2. The topological polar surface area (TPSA) is 134 Å². The molecule has 388 valence electrons. The van der Waals surface area contributed by atoms with Gasteiger partial charge in [-0.1, -0.05) is 95.2 Å². The number of thioether (sulfide) groups is 2. The molecule has 0 aromatic carbocycles. The van der Waals surface area contributed by atoms with Crippen molar-refractivity contribution in [3.05, 3.63) is 25.3 Å². The van der Waals surface area contributed by atoms with Crippen LogP contribution in [-0.2, 0) is 28.7 Å². The Morgan fingerprint density at radius 2 is 0.971 bits per heavy atom. The van der Waals surface area contributed by atoms with Crippen LogP contribution in [0.4, 0.5) is 0 Å². The van der Waals surface area contributed by atoms with Crippen molar-refractivity contribution in [2.45, 2.75) is 172 Å². The van der Waals surface area contributed by atoms with Crippen molar-refractivity contribution in [3.8, 4) is 0 Å². The normalized spacial score (nSPS) is 42.1. The van der Waals surface area contributed by atoms with Gasteiger partial charge < -0.3 is 29.5 Å². The van der Waals surface area contributed by atoms with Gasteiger partial charge in [-0.15, -0.1) is 36.7 Å². The second-order valence-corrected chi connectivity index (χ2v) is 25.5. The Balaban J connectivity index is 0.000000254. The van der Waals surface area contributed by atoms with Gasteiger partial charge in [-0.3, -0.25) is 19.2 Å². The van der Waals surface area contributed by atoms with E-state index in [0.717, 1.165) is 89.3 Å². The first-order valence-electron chi connectivity index (χ1n) is 26.7. The second-order valence-electron chi connectivity index (χ2n) is 23.3. The molecular weight excluding hydrogens is 893 g/mol. The van der Waals surface area contributed by atoms with Crippen LogP contribution in [0.1, 0.15) is 147 Å². The van der Waals surface area contributed by atoms with Gasteiger partial charge in [-0.2, -0.15) is 0 Å². The number of esters is 2. The van der Waals surface area contributed by atoms with Crippen LogP contribution in [0.3, 0.4) is 0 Å². The van der Waals surface area contributed by atoms with Crippen molar-refractivity contribution in [1.29, 1.82) is 0 Å². The number of ketones is 2. The van der Waals surface area contributed by atoms with Crippen molar-refractivity contribution in [1.82, 2.24) is 9.80 Å². The molecule has 0 heterocycles. The van der Waals surface area contributed by atoms with Crippen LogP contribution < -0.4 is 0 Å². The van der Waals surface area contributed by atoms with Crippen molar-refractivity contribution in [2.75, 3.05) is 62.3 Å². The number of carbonyl (C=O) groups excluding carboxylic acids is 4. The maximum atomic E-state index is 13.4. The van der Waals surface area contributed by atoms with E-state index in [1.807, 2.05) is 26.0 Å². The highest BCUT2D eigenvalue weighted by Gasteiger charge is 2.70. The molecule has 12 heteroatoms. The summed E-state index contributed by atoms with van der Waals surface area (Å²) in [7, 11) is 0. The van der Waals surface area contributed by atoms with E-state index >= 15 is 0 Å². The predicted octanol–water partition coefficient (Wildman–Crippen LogP) is 9.94. The lowest BCUT2D eigenvalue weighted by molar-refractivity contribution is -0.205. The van der Waals surface area contributed by atoms with E-state index in [-0.39, 0.29) is 58.3 Å². The van der Waals surface area contributed by atoms with Crippen LogP contribution in [0.2, 0.25) is 0 Å². The zero-order valence-electron chi connectivity index (χ0n) is 44.5. The van der Waals surface area contributed by atoms with Crippen molar-refractivity contribution in [2.24, 2.45) is 68.0 Å². The first-order valence-corrected chi connectivity index (χ1v) is 29.0. The number of nitrogens with zero attached hydrogens (tertiary/aromatic N) is 2. The number of hydrogen-bond donors (Lipinski definition) is 2. The molecule has 6 rings (SSSR count). The SMILES string of the molecule is C=CC1(C)CC(OC(=O)CSCCN(CC)CC)C2(C)C(C)CCC3(CCC(=O)C32)C(C)C1O.C=C[C@]1(C)C[C@@H](OC(=O)CSCCN(CC)CC)[C@@]2(C)C(C)CC[C@]3(CCC(=O)[C@H]32)[C@@H](C)[C@@H]1O. The summed E-state index contributed by atoms with van der Waals surface area (Å²) in [4.78, 5) is 57.7. The van der Waals surface area contributed by atoms with Gasteiger partial charge in [0.2, 0.25) is 0 Å². The quantitative estimate of drug-likeness (QED) is 0.0770. The molecular formula is C56H94N2O8S2. The van der Waals surface area contributed by atoms with Crippen LogP contribution in [0.5, 0.6) is 0 Å². The minimum Gasteiger partial charge on any atom is -0.461 e. The summed E-state index contributed by atoms with van der Waals surface area (Å²) in [5.74, 6) is 2.75. The summed E-state index contributed by atoms with van der Waals surface area (Å²) >= 11 is 3.23. The van der Waals surface area contributed by atoms with E-state index in [4.69, 9.17) is 9.47 Å². The molecule has 6 saturated carbocycles. The highest BCUT2D eigenvalue weighted by Crippen LogP contribution is 2.69.